The van der Waals surface area contributed by atoms with E-state index in [1.54, 1.807) is 0 Å². The number of allylic oxidation sites excluding steroid dienone is 5. The molecule has 1 atom stereocenters. The van der Waals surface area contributed by atoms with Gasteiger partial charge in [0.25, 0.3) is 0 Å². The fourth-order valence-corrected chi connectivity index (χ4v) is 5.25. The van der Waals surface area contributed by atoms with Gasteiger partial charge in [0.05, 0.1) is 5.71 Å². The van der Waals surface area contributed by atoms with Crippen LogP contribution >= 0.6 is 11.6 Å². The Bertz CT molecular complexity index is 1140. The van der Waals surface area contributed by atoms with Crippen molar-refractivity contribution >= 4 is 22.9 Å². The van der Waals surface area contributed by atoms with Crippen LogP contribution in [0, 0.1) is 5.92 Å². The maximum absolute atomic E-state index is 6.20. The van der Waals surface area contributed by atoms with Crippen molar-refractivity contribution in [3.63, 3.8) is 0 Å². The van der Waals surface area contributed by atoms with Crippen molar-refractivity contribution in [1.29, 1.82) is 0 Å². The molecule has 40 heavy (non-hydrogen) atoms. The summed E-state index contributed by atoms with van der Waals surface area (Å²) in [6.07, 6.45) is 9.54. The van der Waals surface area contributed by atoms with E-state index in [1.165, 1.54) is 30.4 Å². The Morgan fingerprint density at radius 1 is 1.23 bits per heavy atom. The van der Waals surface area contributed by atoms with Gasteiger partial charge in [-0.05, 0) is 80.5 Å². The third-order valence-electron chi connectivity index (χ3n) is 7.66. The van der Waals surface area contributed by atoms with Crippen LogP contribution < -0.4 is 11.1 Å². The number of nitrogens with two attached hydrogens (primary N) is 1. The van der Waals surface area contributed by atoms with Crippen molar-refractivity contribution < 1.29 is 0 Å². The van der Waals surface area contributed by atoms with Crippen LogP contribution in [0.25, 0.3) is 5.57 Å². The van der Waals surface area contributed by atoms with Gasteiger partial charge in [-0.25, -0.2) is 4.99 Å². The summed E-state index contributed by atoms with van der Waals surface area (Å²) in [5.74, 6) is 2.51. The lowest BCUT2D eigenvalue weighted by atomic mass is 9.95. The fourth-order valence-electron chi connectivity index (χ4n) is 5.08. The van der Waals surface area contributed by atoms with Gasteiger partial charge in [-0.1, -0.05) is 76.1 Å². The van der Waals surface area contributed by atoms with E-state index in [2.05, 4.69) is 81.9 Å². The zero-order valence-corrected chi connectivity index (χ0v) is 26.6. The number of unbranched alkanes of at least 4 members (excludes halogenated alkanes) is 2. The predicted molar refractivity (Wildman–Crippen MR) is 176 cm³/mol. The number of benzene rings is 1. The molecule has 1 aromatic rings. The van der Waals surface area contributed by atoms with Crippen LogP contribution in [-0.2, 0) is 6.42 Å². The number of likely N-dealkylation sites (N-methyl/N-ethyl adjacent to an activating group) is 1. The minimum Gasteiger partial charge on any atom is -0.387 e. The van der Waals surface area contributed by atoms with E-state index in [4.69, 9.17) is 22.3 Å². The van der Waals surface area contributed by atoms with Gasteiger partial charge in [-0.15, -0.1) is 0 Å². The lowest BCUT2D eigenvalue weighted by molar-refractivity contribution is 0.297. The first kappa shape index (κ1) is 33.4. The average Bonchev–Trinajstić information content (AvgIpc) is 2.90. The molecule has 1 aliphatic rings. The Labute approximate surface area is 249 Å². The Morgan fingerprint density at radius 3 is 2.60 bits per heavy atom. The Morgan fingerprint density at radius 2 is 1.95 bits per heavy atom. The maximum Gasteiger partial charge on any atom is 0.134 e. The van der Waals surface area contributed by atoms with Crippen LogP contribution in [0.1, 0.15) is 77.3 Å². The molecule has 1 heterocycles. The summed E-state index contributed by atoms with van der Waals surface area (Å²) in [5.41, 5.74) is 13.7. The van der Waals surface area contributed by atoms with E-state index in [-0.39, 0.29) is 0 Å². The van der Waals surface area contributed by atoms with Gasteiger partial charge >= 0.3 is 0 Å². The zero-order valence-electron chi connectivity index (χ0n) is 25.9. The van der Waals surface area contributed by atoms with E-state index in [1.807, 2.05) is 19.1 Å². The molecule has 0 radical (unpaired) electrons. The molecule has 0 saturated carbocycles. The monoisotopic (exact) mass is 565 g/mol. The summed E-state index contributed by atoms with van der Waals surface area (Å²) >= 11 is 6.20. The van der Waals surface area contributed by atoms with Crippen molar-refractivity contribution in [2.45, 2.75) is 72.6 Å². The SMILES string of the molecule is C=C(CCc1ccc(Cl)cc1C(=C)C)NCCN(C)C1=C(C)C(CCN)=N/C(=C/C(=C)C(C)CCCCC)N1C. The topological polar surface area (TPSA) is 56.9 Å². The van der Waals surface area contributed by atoms with Crippen molar-refractivity contribution in [3.05, 3.63) is 88.6 Å². The summed E-state index contributed by atoms with van der Waals surface area (Å²) in [4.78, 5) is 9.49. The van der Waals surface area contributed by atoms with E-state index >= 15 is 0 Å². The second-order valence-electron chi connectivity index (χ2n) is 11.1. The predicted octanol–water partition coefficient (Wildman–Crippen LogP) is 7.92. The molecule has 1 aromatic carbocycles. The summed E-state index contributed by atoms with van der Waals surface area (Å²) in [6.45, 7) is 23.6. The first-order chi connectivity index (χ1) is 19.0. The second kappa shape index (κ2) is 16.5. The summed E-state index contributed by atoms with van der Waals surface area (Å²) in [5, 5.41) is 4.27. The van der Waals surface area contributed by atoms with Crippen molar-refractivity contribution in [2.24, 2.45) is 16.6 Å². The standard InChI is InChI=1S/C34H52ClN5/c1-10-11-12-13-25(4)26(5)22-33-38-32(18-19-36)28(7)34(40(33)9)39(8)21-20-37-27(6)14-15-29-16-17-30(35)23-31(29)24(2)3/h16-17,22-23,25,37H,2,5-6,10-15,18-21,36H2,1,3-4,7-9H3/b33-22-. The van der Waals surface area contributed by atoms with Crippen molar-refractivity contribution in [1.82, 2.24) is 15.1 Å². The van der Waals surface area contributed by atoms with Gasteiger partial charge < -0.3 is 20.9 Å². The molecule has 5 nitrogen and oxygen atoms in total. The van der Waals surface area contributed by atoms with E-state index < -0.39 is 0 Å². The Kier molecular flexibility index (Phi) is 13.8. The second-order valence-corrected chi connectivity index (χ2v) is 11.5. The molecule has 0 amide bonds. The highest BCUT2D eigenvalue weighted by Gasteiger charge is 2.24. The molecular weight excluding hydrogens is 514 g/mol. The molecule has 220 valence electrons. The molecule has 3 N–H and O–H groups in total. The van der Waals surface area contributed by atoms with Crippen LogP contribution in [0.15, 0.2) is 77.5 Å². The first-order valence-electron chi connectivity index (χ1n) is 14.7. The molecule has 0 saturated heterocycles. The molecule has 0 aromatic heterocycles. The number of rotatable bonds is 17. The van der Waals surface area contributed by atoms with Gasteiger partial charge in [-0.2, -0.15) is 0 Å². The highest BCUT2D eigenvalue weighted by molar-refractivity contribution is 6.30. The Balaban J connectivity index is 2.04. The van der Waals surface area contributed by atoms with Crippen LogP contribution in [0.2, 0.25) is 5.02 Å². The maximum atomic E-state index is 6.20. The van der Waals surface area contributed by atoms with Gasteiger partial charge in [-0.3, -0.25) is 0 Å². The Hall–Kier alpha value is -2.76. The lowest BCUT2D eigenvalue weighted by Crippen LogP contribution is -2.38. The van der Waals surface area contributed by atoms with Crippen LogP contribution in [0.5, 0.6) is 0 Å². The molecule has 0 bridgehead atoms. The summed E-state index contributed by atoms with van der Waals surface area (Å²) in [7, 11) is 4.23. The fraction of sp³-hybridized carbons (Fsp3) is 0.500. The molecule has 6 heteroatoms. The molecule has 0 fully saturated rings. The normalized spacial score (nSPS) is 15.2. The van der Waals surface area contributed by atoms with Crippen molar-refractivity contribution in [2.75, 3.05) is 33.7 Å². The van der Waals surface area contributed by atoms with Crippen LogP contribution in [-0.4, -0.2) is 49.2 Å². The number of hydrogen-bond donors (Lipinski definition) is 2. The van der Waals surface area contributed by atoms with Gasteiger partial charge in [0.1, 0.15) is 11.6 Å². The largest absolute Gasteiger partial charge is 0.387 e. The van der Waals surface area contributed by atoms with Crippen LogP contribution in [0.3, 0.4) is 0 Å². The minimum atomic E-state index is 0.434. The smallest absolute Gasteiger partial charge is 0.134 e. The number of halogens is 1. The number of aryl methyl sites for hydroxylation is 1. The summed E-state index contributed by atoms with van der Waals surface area (Å²) in [6, 6.07) is 6.03. The third kappa shape index (κ3) is 9.71. The number of nitrogens with one attached hydrogen (secondary N) is 1. The highest BCUT2D eigenvalue weighted by Crippen LogP contribution is 2.29. The molecule has 0 spiro atoms. The number of hydrogen-bond acceptors (Lipinski definition) is 5. The van der Waals surface area contributed by atoms with Gasteiger partial charge in [0.15, 0.2) is 0 Å². The first-order valence-corrected chi connectivity index (χ1v) is 15.1. The molecular formula is C34H52ClN5. The van der Waals surface area contributed by atoms with E-state index in [9.17, 15) is 0 Å². The average molecular weight is 566 g/mol. The van der Waals surface area contributed by atoms with E-state index in [0.29, 0.717) is 12.5 Å². The number of aliphatic imine (C=N–C) groups is 1. The molecule has 0 aliphatic carbocycles. The van der Waals surface area contributed by atoms with Gasteiger partial charge in [0, 0.05) is 49.9 Å². The molecule has 2 rings (SSSR count). The third-order valence-corrected chi connectivity index (χ3v) is 7.90. The number of nitrogens with zero attached hydrogens (tertiary/aromatic N) is 3. The van der Waals surface area contributed by atoms with E-state index in [0.717, 1.165) is 83.6 Å². The zero-order chi connectivity index (χ0) is 29.8. The molecule has 1 aliphatic heterocycles. The molecule has 1 unspecified atom stereocenters. The van der Waals surface area contributed by atoms with Crippen molar-refractivity contribution in [3.8, 4) is 0 Å². The minimum absolute atomic E-state index is 0.434. The quantitative estimate of drug-likeness (QED) is 0.188. The highest BCUT2D eigenvalue weighted by atomic mass is 35.5. The van der Waals surface area contributed by atoms with Gasteiger partial charge in [0.2, 0.25) is 0 Å². The summed E-state index contributed by atoms with van der Waals surface area (Å²) < 4.78 is 0. The van der Waals surface area contributed by atoms with Crippen LogP contribution in [0.4, 0.5) is 0 Å². The lowest BCUT2D eigenvalue weighted by Gasteiger charge is -2.36.